The molecular weight excluding hydrogens is 460 g/mol. The molecule has 0 aliphatic carbocycles. The molecule has 180 valence electrons. The molecule has 2 heterocycles. The molecule has 2 aliphatic heterocycles. The van der Waals surface area contributed by atoms with E-state index in [9.17, 15) is 14.4 Å². The van der Waals surface area contributed by atoms with Crippen LogP contribution in [0.5, 0.6) is 5.75 Å². The number of anilines is 2. The van der Waals surface area contributed by atoms with Crippen molar-refractivity contribution in [2.24, 2.45) is 0 Å². The lowest BCUT2D eigenvalue weighted by molar-refractivity contribution is -0.133. The fraction of sp³-hybridized carbons (Fsp3) is 0.375. The van der Waals surface area contributed by atoms with Crippen molar-refractivity contribution in [2.75, 3.05) is 31.3 Å². The Labute approximate surface area is 202 Å². The molecular formula is C24H27ClN4O5. The summed E-state index contributed by atoms with van der Waals surface area (Å²) in [7, 11) is 3.34. The number of halogens is 1. The normalized spacial score (nSPS) is 21.8. The standard InChI is InChI=1S/C24H27ClN4O5/c1-26-22(30)12-17-7-8-19-21(34-17)13-33-20-9-6-16(11-18(20)23(31)29(19)2)28-24(32)27-15-5-3-4-14(25)10-15/h3-6,9-11,17,19,21H,7-8,12-13H2,1-2H3,(H,26,30)(H2,27,28,32)/t17-,19+,21-/m1/s1. The zero-order valence-corrected chi connectivity index (χ0v) is 19.7. The number of ether oxygens (including phenoxy) is 2. The highest BCUT2D eigenvalue weighted by Gasteiger charge is 2.39. The Morgan fingerprint density at radius 1 is 1.12 bits per heavy atom. The van der Waals surface area contributed by atoms with Gasteiger partial charge in [0.15, 0.2) is 0 Å². The fourth-order valence-electron chi connectivity index (χ4n) is 4.27. The number of carbonyl (C=O) groups is 3. The van der Waals surface area contributed by atoms with Crippen LogP contribution in [0.2, 0.25) is 5.02 Å². The molecule has 2 aromatic rings. The predicted octanol–water partition coefficient (Wildman–Crippen LogP) is 3.50. The van der Waals surface area contributed by atoms with Gasteiger partial charge in [-0.2, -0.15) is 0 Å². The number of nitrogens with zero attached hydrogens (tertiary/aromatic N) is 1. The van der Waals surface area contributed by atoms with Crippen LogP contribution in [0, 0.1) is 0 Å². The topological polar surface area (TPSA) is 109 Å². The second-order valence-electron chi connectivity index (χ2n) is 8.35. The second-order valence-corrected chi connectivity index (χ2v) is 8.78. The molecule has 4 rings (SSSR count). The van der Waals surface area contributed by atoms with Gasteiger partial charge in [-0.05, 0) is 49.2 Å². The molecule has 3 atom stereocenters. The van der Waals surface area contributed by atoms with E-state index in [4.69, 9.17) is 21.1 Å². The summed E-state index contributed by atoms with van der Waals surface area (Å²) in [4.78, 5) is 39.1. The minimum Gasteiger partial charge on any atom is -0.490 e. The number of carbonyl (C=O) groups excluding carboxylic acids is 3. The van der Waals surface area contributed by atoms with Crippen molar-refractivity contribution < 1.29 is 23.9 Å². The minimum absolute atomic E-state index is 0.0792. The lowest BCUT2D eigenvalue weighted by atomic mass is 9.94. The van der Waals surface area contributed by atoms with E-state index in [0.717, 1.165) is 0 Å². The van der Waals surface area contributed by atoms with Gasteiger partial charge < -0.3 is 30.3 Å². The molecule has 0 spiro atoms. The molecule has 2 aromatic carbocycles. The van der Waals surface area contributed by atoms with Gasteiger partial charge >= 0.3 is 6.03 Å². The van der Waals surface area contributed by atoms with E-state index in [-0.39, 0.29) is 43.1 Å². The number of hydrogen-bond donors (Lipinski definition) is 3. The second kappa shape index (κ2) is 10.3. The van der Waals surface area contributed by atoms with Crippen LogP contribution in [0.15, 0.2) is 42.5 Å². The van der Waals surface area contributed by atoms with Gasteiger partial charge in [0, 0.05) is 30.5 Å². The molecule has 2 aliphatic rings. The molecule has 0 unspecified atom stereocenters. The molecule has 0 bridgehead atoms. The molecule has 3 N–H and O–H groups in total. The first-order valence-electron chi connectivity index (χ1n) is 11.1. The summed E-state index contributed by atoms with van der Waals surface area (Å²) in [5.41, 5.74) is 1.36. The fourth-order valence-corrected chi connectivity index (χ4v) is 4.46. The van der Waals surface area contributed by atoms with Gasteiger partial charge in [0.2, 0.25) is 5.91 Å². The third-order valence-corrected chi connectivity index (χ3v) is 6.28. The van der Waals surface area contributed by atoms with E-state index in [1.54, 1.807) is 61.5 Å². The van der Waals surface area contributed by atoms with Gasteiger partial charge in [-0.15, -0.1) is 0 Å². The van der Waals surface area contributed by atoms with Gasteiger partial charge in [0.05, 0.1) is 24.1 Å². The monoisotopic (exact) mass is 486 g/mol. The first-order chi connectivity index (χ1) is 16.3. The summed E-state index contributed by atoms with van der Waals surface area (Å²) in [5, 5.41) is 8.57. The summed E-state index contributed by atoms with van der Waals surface area (Å²) >= 11 is 5.96. The minimum atomic E-state index is -0.460. The highest BCUT2D eigenvalue weighted by atomic mass is 35.5. The lowest BCUT2D eigenvalue weighted by Gasteiger charge is -2.42. The van der Waals surface area contributed by atoms with Gasteiger partial charge in [0.25, 0.3) is 5.91 Å². The van der Waals surface area contributed by atoms with Crippen molar-refractivity contribution in [3.8, 4) is 5.75 Å². The number of benzene rings is 2. The van der Waals surface area contributed by atoms with Crippen molar-refractivity contribution >= 4 is 40.8 Å². The van der Waals surface area contributed by atoms with E-state index in [2.05, 4.69) is 16.0 Å². The van der Waals surface area contributed by atoms with Crippen LogP contribution in [-0.4, -0.2) is 61.7 Å². The Bertz CT molecular complexity index is 1090. The van der Waals surface area contributed by atoms with Crippen LogP contribution >= 0.6 is 11.6 Å². The van der Waals surface area contributed by atoms with Crippen molar-refractivity contribution in [3.05, 3.63) is 53.1 Å². The SMILES string of the molecule is CNC(=O)C[C@H]1CC[C@H]2[C@@H](COc3ccc(NC(=O)Nc4cccc(Cl)c4)cc3C(=O)N2C)O1. The molecule has 0 aromatic heterocycles. The van der Waals surface area contributed by atoms with E-state index in [1.807, 2.05) is 0 Å². The van der Waals surface area contributed by atoms with Crippen LogP contribution in [0.1, 0.15) is 29.6 Å². The van der Waals surface area contributed by atoms with Crippen LogP contribution in [-0.2, 0) is 9.53 Å². The van der Waals surface area contributed by atoms with E-state index >= 15 is 0 Å². The maximum Gasteiger partial charge on any atom is 0.323 e. The maximum atomic E-state index is 13.3. The van der Waals surface area contributed by atoms with Crippen LogP contribution in [0.4, 0.5) is 16.2 Å². The highest BCUT2D eigenvalue weighted by molar-refractivity contribution is 6.30. The average molecular weight is 487 g/mol. The van der Waals surface area contributed by atoms with Gasteiger partial charge in [-0.3, -0.25) is 9.59 Å². The molecule has 4 amide bonds. The number of hydrogen-bond acceptors (Lipinski definition) is 5. The third-order valence-electron chi connectivity index (χ3n) is 6.04. The van der Waals surface area contributed by atoms with Crippen LogP contribution in [0.3, 0.4) is 0 Å². The largest absolute Gasteiger partial charge is 0.490 e. The van der Waals surface area contributed by atoms with Crippen molar-refractivity contribution in [1.82, 2.24) is 10.2 Å². The Morgan fingerprint density at radius 2 is 1.88 bits per heavy atom. The summed E-state index contributed by atoms with van der Waals surface area (Å²) in [6.07, 6.45) is 1.10. The Hall–Kier alpha value is -3.30. The Kier molecular flexibility index (Phi) is 7.23. The van der Waals surface area contributed by atoms with Crippen LogP contribution < -0.4 is 20.7 Å². The smallest absolute Gasteiger partial charge is 0.323 e. The van der Waals surface area contributed by atoms with Gasteiger partial charge in [-0.1, -0.05) is 17.7 Å². The first-order valence-corrected chi connectivity index (χ1v) is 11.5. The number of urea groups is 1. The summed E-state index contributed by atoms with van der Waals surface area (Å²) in [6.45, 7) is 0.252. The van der Waals surface area contributed by atoms with Crippen molar-refractivity contribution in [3.63, 3.8) is 0 Å². The Morgan fingerprint density at radius 3 is 2.62 bits per heavy atom. The zero-order chi connectivity index (χ0) is 24.2. The number of rotatable bonds is 4. The number of amides is 4. The van der Waals surface area contributed by atoms with Crippen LogP contribution in [0.25, 0.3) is 0 Å². The number of likely N-dealkylation sites (N-methyl/N-ethyl adjacent to an activating group) is 1. The molecule has 0 radical (unpaired) electrons. The summed E-state index contributed by atoms with van der Waals surface area (Å²) in [6, 6.07) is 11.1. The summed E-state index contributed by atoms with van der Waals surface area (Å²) in [5.74, 6) is 0.106. The highest BCUT2D eigenvalue weighted by Crippen LogP contribution is 2.32. The van der Waals surface area contributed by atoms with Crippen molar-refractivity contribution in [2.45, 2.75) is 37.5 Å². The summed E-state index contributed by atoms with van der Waals surface area (Å²) < 4.78 is 12.1. The zero-order valence-electron chi connectivity index (χ0n) is 19.0. The van der Waals surface area contributed by atoms with E-state index in [0.29, 0.717) is 40.6 Å². The first kappa shape index (κ1) is 23.8. The van der Waals surface area contributed by atoms with E-state index in [1.165, 1.54) is 0 Å². The van der Waals surface area contributed by atoms with Gasteiger partial charge in [0.1, 0.15) is 18.5 Å². The van der Waals surface area contributed by atoms with Crippen molar-refractivity contribution in [1.29, 1.82) is 0 Å². The molecule has 34 heavy (non-hydrogen) atoms. The molecule has 1 fully saturated rings. The van der Waals surface area contributed by atoms with Gasteiger partial charge in [-0.25, -0.2) is 4.79 Å². The number of fused-ring (bicyclic) bond motifs is 2. The quantitative estimate of drug-likeness (QED) is 0.613. The lowest BCUT2D eigenvalue weighted by Crippen LogP contribution is -2.53. The molecule has 0 saturated carbocycles. The third kappa shape index (κ3) is 5.43. The molecule has 9 nitrogen and oxygen atoms in total. The predicted molar refractivity (Wildman–Crippen MR) is 128 cm³/mol. The average Bonchev–Trinajstić information content (AvgIpc) is 2.81. The molecule has 1 saturated heterocycles. The number of nitrogens with one attached hydrogen (secondary N) is 3. The van der Waals surface area contributed by atoms with E-state index < -0.39 is 6.03 Å². The molecule has 10 heteroatoms. The Balaban J connectivity index is 1.47. The maximum absolute atomic E-state index is 13.3.